The van der Waals surface area contributed by atoms with Crippen LogP contribution in [0.1, 0.15) is 82.2 Å². The van der Waals surface area contributed by atoms with E-state index in [1.54, 1.807) is 0 Å². The highest BCUT2D eigenvalue weighted by atomic mass is 32.2. The van der Waals surface area contributed by atoms with Crippen molar-refractivity contribution in [1.29, 1.82) is 0 Å². The van der Waals surface area contributed by atoms with Crippen LogP contribution in [0.25, 0.3) is 28.0 Å². The monoisotopic (exact) mass is 696 g/mol. The maximum absolute atomic E-state index is 7.59. The molecule has 0 fully saturated rings. The van der Waals surface area contributed by atoms with Crippen LogP contribution in [-0.4, -0.2) is 18.1 Å². The van der Waals surface area contributed by atoms with Gasteiger partial charge in [0.15, 0.2) is 10.5 Å². The van der Waals surface area contributed by atoms with E-state index in [-0.39, 0.29) is 4.93 Å². The number of thioether (sulfide) groups is 1. The molecule has 3 aliphatic rings. The maximum atomic E-state index is 7.59. The van der Waals surface area contributed by atoms with Gasteiger partial charge in [-0.3, -0.25) is 0 Å². The molecule has 4 nitrogen and oxygen atoms in total. The van der Waals surface area contributed by atoms with Gasteiger partial charge in [0.1, 0.15) is 23.0 Å². The number of aryl methyl sites for hydroxylation is 1. The number of hydrogen-bond acceptors (Lipinski definition) is 5. The van der Waals surface area contributed by atoms with Gasteiger partial charge in [-0.25, -0.2) is 0 Å². The molecule has 0 radical (unpaired) electrons. The Kier molecular flexibility index (Phi) is 8.82. The van der Waals surface area contributed by atoms with Crippen LogP contribution in [0.15, 0.2) is 95.9 Å². The molecule has 0 atom stereocenters. The second-order valence-electron chi connectivity index (χ2n) is 14.7. The summed E-state index contributed by atoms with van der Waals surface area (Å²) in [6.45, 7) is 14.7. The number of hydrogen-bond donors (Lipinski definition) is 0. The molecule has 2 heterocycles. The average molecular weight is 697 g/mol. The van der Waals surface area contributed by atoms with E-state index in [0.29, 0.717) is 25.0 Å². The average Bonchev–Trinajstić information content (AvgIpc) is 3.56. The largest absolute Gasteiger partial charge is 0.494 e. The lowest BCUT2D eigenvalue weighted by molar-refractivity contribution is 0.0757. The van der Waals surface area contributed by atoms with Gasteiger partial charge >= 0.3 is 0 Å². The molecule has 0 saturated heterocycles. The van der Waals surface area contributed by atoms with Gasteiger partial charge in [0.2, 0.25) is 0 Å². The van der Waals surface area contributed by atoms with E-state index in [4.69, 9.17) is 18.9 Å². The molecule has 0 spiro atoms. The summed E-state index contributed by atoms with van der Waals surface area (Å²) >= 11 is 1.87. The second kappa shape index (κ2) is 13.3. The third-order valence-electron chi connectivity index (χ3n) is 10.8. The summed E-state index contributed by atoms with van der Waals surface area (Å²) in [6, 6.07) is 30.4. The van der Waals surface area contributed by atoms with Crippen molar-refractivity contribution in [3.8, 4) is 34.1 Å². The van der Waals surface area contributed by atoms with Crippen LogP contribution >= 0.6 is 11.8 Å². The third-order valence-corrected chi connectivity index (χ3v) is 12.7. The zero-order valence-electron chi connectivity index (χ0n) is 30.7. The molecule has 5 heteroatoms. The third kappa shape index (κ3) is 5.60. The Bertz CT molecular complexity index is 2050. The summed E-state index contributed by atoms with van der Waals surface area (Å²) in [5, 5.41) is 2.31. The van der Waals surface area contributed by atoms with Crippen molar-refractivity contribution in [2.24, 2.45) is 11.8 Å². The molecule has 5 aromatic carbocycles. The van der Waals surface area contributed by atoms with Gasteiger partial charge in [-0.1, -0.05) is 108 Å². The van der Waals surface area contributed by atoms with E-state index in [1.807, 2.05) is 11.8 Å². The molecule has 2 aliphatic heterocycles. The molecule has 0 amide bonds. The fourth-order valence-corrected chi connectivity index (χ4v) is 9.53. The van der Waals surface area contributed by atoms with Crippen LogP contribution < -0.4 is 18.9 Å². The standard InChI is InChI=1S/C46H48O4S/c1-7-25-47-34-18-14-32(15-19-34)45(33-16-20-35(21-17-33)48-26-8-2)24-23-38-37-22-13-31-11-9-10-12-36(31)43(37)39-27-41-42(28-40(39)44(38)50-45)51-46(49-41,29(3)4)30(5)6/h9-12,14-21,23-24,27-30H,7-8,13,22,25-26H2,1-6H3. The van der Waals surface area contributed by atoms with Gasteiger partial charge < -0.3 is 18.9 Å². The second-order valence-corrected chi connectivity index (χ2v) is 16.0. The van der Waals surface area contributed by atoms with Crippen molar-refractivity contribution in [3.63, 3.8) is 0 Å². The van der Waals surface area contributed by atoms with Crippen LogP contribution in [0.5, 0.6) is 23.0 Å². The van der Waals surface area contributed by atoms with Crippen molar-refractivity contribution < 1.29 is 18.9 Å². The minimum Gasteiger partial charge on any atom is -0.494 e. The lowest BCUT2D eigenvalue weighted by Crippen LogP contribution is -2.40. The normalized spacial score (nSPS) is 16.2. The van der Waals surface area contributed by atoms with Crippen molar-refractivity contribution in [3.05, 3.63) is 119 Å². The quantitative estimate of drug-likeness (QED) is 0.145. The molecule has 0 aromatic heterocycles. The van der Waals surface area contributed by atoms with E-state index in [9.17, 15) is 0 Å². The predicted molar refractivity (Wildman–Crippen MR) is 211 cm³/mol. The van der Waals surface area contributed by atoms with Crippen molar-refractivity contribution in [2.45, 2.75) is 82.7 Å². The first-order valence-corrected chi connectivity index (χ1v) is 19.6. The molecule has 5 aromatic rings. The summed E-state index contributed by atoms with van der Waals surface area (Å²) in [4.78, 5) is 0.848. The Hall–Kier alpha value is -4.35. The lowest BCUT2D eigenvalue weighted by atomic mass is 9.77. The molecular formula is C46H48O4S. The van der Waals surface area contributed by atoms with Crippen LogP contribution in [0.2, 0.25) is 0 Å². The first-order valence-electron chi connectivity index (χ1n) is 18.8. The van der Waals surface area contributed by atoms with Gasteiger partial charge in [0.05, 0.1) is 18.1 Å². The number of fused-ring (bicyclic) bond motifs is 9. The fraction of sp³-hybridized carbons (Fsp3) is 0.348. The molecule has 0 bridgehead atoms. The van der Waals surface area contributed by atoms with Crippen molar-refractivity contribution in [2.75, 3.05) is 13.2 Å². The minimum absolute atomic E-state index is 0.328. The summed E-state index contributed by atoms with van der Waals surface area (Å²) in [7, 11) is 0. The molecule has 0 N–H and O–H groups in total. The van der Waals surface area contributed by atoms with E-state index >= 15 is 0 Å². The van der Waals surface area contributed by atoms with Gasteiger partial charge in [0.25, 0.3) is 0 Å². The lowest BCUT2D eigenvalue weighted by Gasteiger charge is -2.38. The highest BCUT2D eigenvalue weighted by Crippen LogP contribution is 2.58. The van der Waals surface area contributed by atoms with E-state index in [2.05, 4.69) is 139 Å². The van der Waals surface area contributed by atoms with Crippen LogP contribution in [0.3, 0.4) is 0 Å². The Balaban J connectivity index is 1.35. The van der Waals surface area contributed by atoms with E-state index in [1.165, 1.54) is 38.1 Å². The number of benzene rings is 5. The fourth-order valence-electron chi connectivity index (χ4n) is 8.20. The zero-order chi connectivity index (χ0) is 35.3. The molecule has 1 aliphatic carbocycles. The minimum atomic E-state index is -0.865. The summed E-state index contributed by atoms with van der Waals surface area (Å²) in [5.74, 6) is 4.30. The Morgan fingerprint density at radius 3 is 1.96 bits per heavy atom. The summed E-state index contributed by atoms with van der Waals surface area (Å²) in [5.41, 5.74) is 7.76. The maximum Gasteiger partial charge on any atom is 0.178 e. The number of rotatable bonds is 10. The van der Waals surface area contributed by atoms with Gasteiger partial charge in [-0.2, -0.15) is 0 Å². The summed E-state index contributed by atoms with van der Waals surface area (Å²) in [6.07, 6.45) is 8.47. The molecule has 262 valence electrons. The van der Waals surface area contributed by atoms with Crippen LogP contribution in [0.4, 0.5) is 0 Å². The SMILES string of the molecule is CCCOc1ccc(C2(c3ccc(OCCC)cc3)C=Cc3c4c(c5cc6c(cc5c3O2)SC(C(C)C)(C(C)C)O6)-c2ccccc2CC4)cc1. The van der Waals surface area contributed by atoms with Crippen LogP contribution in [0, 0.1) is 11.8 Å². The Labute approximate surface area is 307 Å². The first kappa shape index (κ1) is 33.8. The van der Waals surface area contributed by atoms with Gasteiger partial charge in [0, 0.05) is 33.9 Å². The molecule has 0 saturated carbocycles. The topological polar surface area (TPSA) is 36.9 Å². The van der Waals surface area contributed by atoms with E-state index < -0.39 is 5.60 Å². The molecule has 51 heavy (non-hydrogen) atoms. The smallest absolute Gasteiger partial charge is 0.178 e. The number of ether oxygens (including phenoxy) is 4. The Morgan fingerprint density at radius 2 is 1.35 bits per heavy atom. The molecule has 0 unspecified atom stereocenters. The summed E-state index contributed by atoms with van der Waals surface area (Å²) < 4.78 is 26.6. The predicted octanol–water partition coefficient (Wildman–Crippen LogP) is 12.0. The first-order chi connectivity index (χ1) is 24.8. The van der Waals surface area contributed by atoms with Crippen LogP contribution in [-0.2, 0) is 18.4 Å². The van der Waals surface area contributed by atoms with Crippen molar-refractivity contribution >= 4 is 28.6 Å². The molecular weight excluding hydrogens is 649 g/mol. The highest BCUT2D eigenvalue weighted by molar-refractivity contribution is 8.01. The van der Waals surface area contributed by atoms with Gasteiger partial charge in [-0.15, -0.1) is 0 Å². The molecule has 8 rings (SSSR count). The van der Waals surface area contributed by atoms with Gasteiger partial charge in [-0.05, 0) is 95.8 Å². The van der Waals surface area contributed by atoms with E-state index in [0.717, 1.165) is 65.2 Å². The highest BCUT2D eigenvalue weighted by Gasteiger charge is 2.47. The van der Waals surface area contributed by atoms with Crippen molar-refractivity contribution in [1.82, 2.24) is 0 Å². The Morgan fingerprint density at radius 1 is 0.725 bits per heavy atom. The zero-order valence-corrected chi connectivity index (χ0v) is 31.5.